The standard InChI is InChI=1S/C20H14BrClN4O2S/c1-10-7-14-15(9-13(10)22)25-18(24-14)11-3-2-4-12(8-11)23-20(29)26-19(27)16-5-6-17(21)28-16/h2-9H,1H3,(H,24,25)(H2,23,26,27,29). The van der Waals surface area contributed by atoms with E-state index in [1.807, 2.05) is 43.3 Å². The van der Waals surface area contributed by atoms with Gasteiger partial charge in [0.25, 0.3) is 5.91 Å². The third-order valence-electron chi connectivity index (χ3n) is 4.18. The quantitative estimate of drug-likeness (QED) is 0.323. The highest BCUT2D eigenvalue weighted by Gasteiger charge is 2.13. The van der Waals surface area contributed by atoms with Crippen molar-refractivity contribution in [3.8, 4) is 11.4 Å². The van der Waals surface area contributed by atoms with Crippen molar-refractivity contribution in [2.75, 3.05) is 5.32 Å². The fourth-order valence-electron chi connectivity index (χ4n) is 2.78. The number of H-pyrrole nitrogens is 1. The maximum atomic E-state index is 12.1. The number of hydrogen-bond acceptors (Lipinski definition) is 4. The van der Waals surface area contributed by atoms with Crippen LogP contribution in [0.3, 0.4) is 0 Å². The summed E-state index contributed by atoms with van der Waals surface area (Å²) < 4.78 is 5.68. The number of nitrogens with one attached hydrogen (secondary N) is 3. The van der Waals surface area contributed by atoms with Crippen LogP contribution in [0.2, 0.25) is 5.02 Å². The molecular weight excluding hydrogens is 476 g/mol. The highest BCUT2D eigenvalue weighted by Crippen LogP contribution is 2.26. The number of rotatable bonds is 3. The molecule has 2 aromatic heterocycles. The van der Waals surface area contributed by atoms with E-state index in [2.05, 4.69) is 36.5 Å². The Hall–Kier alpha value is -2.68. The van der Waals surface area contributed by atoms with E-state index < -0.39 is 5.91 Å². The van der Waals surface area contributed by atoms with Crippen molar-refractivity contribution in [2.24, 2.45) is 0 Å². The number of thiocarbonyl (C=S) groups is 1. The molecule has 4 rings (SSSR count). The molecule has 0 aliphatic rings. The van der Waals surface area contributed by atoms with Gasteiger partial charge in [0.2, 0.25) is 0 Å². The maximum Gasteiger partial charge on any atom is 0.293 e. The van der Waals surface area contributed by atoms with Gasteiger partial charge in [-0.15, -0.1) is 0 Å². The van der Waals surface area contributed by atoms with Crippen molar-refractivity contribution in [3.63, 3.8) is 0 Å². The molecule has 0 fully saturated rings. The molecule has 3 N–H and O–H groups in total. The number of anilines is 1. The Morgan fingerprint density at radius 1 is 1.24 bits per heavy atom. The number of halogens is 2. The van der Waals surface area contributed by atoms with Gasteiger partial charge in [-0.3, -0.25) is 10.1 Å². The molecule has 4 aromatic rings. The van der Waals surface area contributed by atoms with E-state index in [-0.39, 0.29) is 10.9 Å². The van der Waals surface area contributed by atoms with E-state index in [0.717, 1.165) is 22.2 Å². The van der Waals surface area contributed by atoms with Crippen LogP contribution in [0.1, 0.15) is 16.1 Å². The summed E-state index contributed by atoms with van der Waals surface area (Å²) in [6, 6.07) is 14.5. The van der Waals surface area contributed by atoms with Crippen LogP contribution in [0.5, 0.6) is 0 Å². The van der Waals surface area contributed by atoms with Crippen molar-refractivity contribution in [1.82, 2.24) is 15.3 Å². The minimum absolute atomic E-state index is 0.158. The summed E-state index contributed by atoms with van der Waals surface area (Å²) in [7, 11) is 0. The van der Waals surface area contributed by atoms with E-state index in [4.69, 9.17) is 28.2 Å². The zero-order valence-electron chi connectivity index (χ0n) is 15.0. The fraction of sp³-hybridized carbons (Fsp3) is 0.0500. The third kappa shape index (κ3) is 4.34. The molecule has 0 bridgehead atoms. The van der Waals surface area contributed by atoms with Gasteiger partial charge in [0.15, 0.2) is 15.5 Å². The van der Waals surface area contributed by atoms with Gasteiger partial charge in [-0.05, 0) is 77.0 Å². The summed E-state index contributed by atoms with van der Waals surface area (Å²) in [5.74, 6) is 0.431. The molecule has 9 heteroatoms. The van der Waals surface area contributed by atoms with E-state index in [1.54, 1.807) is 12.1 Å². The first-order chi connectivity index (χ1) is 13.9. The number of furan rings is 1. The zero-order valence-corrected chi connectivity index (χ0v) is 18.2. The largest absolute Gasteiger partial charge is 0.444 e. The molecule has 29 heavy (non-hydrogen) atoms. The number of hydrogen-bond donors (Lipinski definition) is 3. The topological polar surface area (TPSA) is 83.0 Å². The lowest BCUT2D eigenvalue weighted by Crippen LogP contribution is -2.33. The molecule has 2 aromatic carbocycles. The lowest BCUT2D eigenvalue weighted by atomic mass is 10.2. The molecular formula is C20H14BrClN4O2S. The predicted octanol–water partition coefficient (Wildman–Crippen LogP) is 5.67. The van der Waals surface area contributed by atoms with Crippen LogP contribution < -0.4 is 10.6 Å². The SMILES string of the molecule is Cc1cc2[nH]c(-c3cccc(NC(=S)NC(=O)c4ccc(Br)o4)c3)nc2cc1Cl. The van der Waals surface area contributed by atoms with Crippen molar-refractivity contribution in [2.45, 2.75) is 6.92 Å². The molecule has 146 valence electrons. The minimum Gasteiger partial charge on any atom is -0.444 e. The average Bonchev–Trinajstić information content (AvgIpc) is 3.28. The van der Waals surface area contributed by atoms with Crippen molar-refractivity contribution < 1.29 is 9.21 Å². The summed E-state index contributed by atoms with van der Waals surface area (Å²) in [5, 5.41) is 6.41. The number of nitrogens with zero attached hydrogens (tertiary/aromatic N) is 1. The first-order valence-corrected chi connectivity index (χ1v) is 10.1. The summed E-state index contributed by atoms with van der Waals surface area (Å²) in [4.78, 5) is 20.0. The lowest BCUT2D eigenvalue weighted by molar-refractivity contribution is 0.0949. The Kier molecular flexibility index (Phi) is 5.40. The fourth-order valence-corrected chi connectivity index (χ4v) is 3.46. The van der Waals surface area contributed by atoms with Gasteiger partial charge in [0.1, 0.15) is 5.82 Å². The highest BCUT2D eigenvalue weighted by atomic mass is 79.9. The van der Waals surface area contributed by atoms with Crippen LogP contribution in [0, 0.1) is 6.92 Å². The maximum absolute atomic E-state index is 12.1. The normalized spacial score (nSPS) is 10.9. The van der Waals surface area contributed by atoms with Gasteiger partial charge in [-0.2, -0.15) is 0 Å². The minimum atomic E-state index is -0.436. The second kappa shape index (κ2) is 7.98. The van der Waals surface area contributed by atoms with Crippen molar-refractivity contribution >= 4 is 67.5 Å². The second-order valence-corrected chi connectivity index (χ2v) is 7.89. The van der Waals surface area contributed by atoms with Gasteiger partial charge in [-0.25, -0.2) is 4.98 Å². The molecule has 6 nitrogen and oxygen atoms in total. The van der Waals surface area contributed by atoms with E-state index in [1.165, 1.54) is 0 Å². The molecule has 0 aliphatic carbocycles. The van der Waals surface area contributed by atoms with E-state index in [0.29, 0.717) is 21.2 Å². The highest BCUT2D eigenvalue weighted by molar-refractivity contribution is 9.10. The summed E-state index contributed by atoms with van der Waals surface area (Å²) >= 11 is 14.6. The average molecular weight is 490 g/mol. The molecule has 0 unspecified atom stereocenters. The van der Waals surface area contributed by atoms with Gasteiger partial charge < -0.3 is 14.7 Å². The molecule has 0 saturated heterocycles. The molecule has 0 spiro atoms. The monoisotopic (exact) mass is 488 g/mol. The van der Waals surface area contributed by atoms with Crippen LogP contribution in [0.15, 0.2) is 57.6 Å². The first kappa shape index (κ1) is 19.6. The molecule has 0 radical (unpaired) electrons. The zero-order chi connectivity index (χ0) is 20.5. The Labute approximate surface area is 184 Å². The van der Waals surface area contributed by atoms with E-state index in [9.17, 15) is 4.79 Å². The molecule has 0 aliphatic heterocycles. The first-order valence-electron chi connectivity index (χ1n) is 8.53. The number of imidazole rings is 1. The van der Waals surface area contributed by atoms with Crippen LogP contribution in [-0.4, -0.2) is 21.0 Å². The number of benzene rings is 2. The number of carbonyl (C=O) groups is 1. The Morgan fingerprint density at radius 3 is 2.83 bits per heavy atom. The van der Waals surface area contributed by atoms with Gasteiger partial charge in [0.05, 0.1) is 11.0 Å². The molecule has 2 heterocycles. The van der Waals surface area contributed by atoms with Crippen LogP contribution in [0.25, 0.3) is 22.4 Å². The Morgan fingerprint density at radius 2 is 2.07 bits per heavy atom. The number of aromatic amines is 1. The predicted molar refractivity (Wildman–Crippen MR) is 121 cm³/mol. The molecule has 0 saturated carbocycles. The number of fused-ring (bicyclic) bond motifs is 1. The van der Waals surface area contributed by atoms with Gasteiger partial charge in [-0.1, -0.05) is 23.7 Å². The van der Waals surface area contributed by atoms with Crippen LogP contribution >= 0.6 is 39.7 Å². The van der Waals surface area contributed by atoms with Gasteiger partial charge in [0, 0.05) is 16.3 Å². The lowest BCUT2D eigenvalue weighted by Gasteiger charge is -2.09. The second-order valence-electron chi connectivity index (χ2n) is 6.30. The number of amides is 1. The Bertz CT molecular complexity index is 1210. The van der Waals surface area contributed by atoms with Crippen LogP contribution in [0.4, 0.5) is 5.69 Å². The molecule has 0 atom stereocenters. The van der Waals surface area contributed by atoms with E-state index >= 15 is 0 Å². The van der Waals surface area contributed by atoms with Crippen molar-refractivity contribution in [1.29, 1.82) is 0 Å². The van der Waals surface area contributed by atoms with Gasteiger partial charge >= 0.3 is 0 Å². The van der Waals surface area contributed by atoms with Crippen molar-refractivity contribution in [3.05, 3.63) is 69.5 Å². The Balaban J connectivity index is 1.51. The number of aryl methyl sites for hydroxylation is 1. The summed E-state index contributed by atoms with van der Waals surface area (Å²) in [5.41, 5.74) is 4.26. The van der Waals surface area contributed by atoms with Crippen LogP contribution in [-0.2, 0) is 0 Å². The summed E-state index contributed by atoms with van der Waals surface area (Å²) in [6.07, 6.45) is 0. The molecule has 1 amide bonds. The number of aromatic nitrogens is 2. The smallest absolute Gasteiger partial charge is 0.293 e. The third-order valence-corrected chi connectivity index (χ3v) is 5.22. The number of carbonyl (C=O) groups excluding carboxylic acids is 1. The summed E-state index contributed by atoms with van der Waals surface area (Å²) in [6.45, 7) is 1.95.